The Morgan fingerprint density at radius 3 is 2.82 bits per heavy atom. The van der Waals surface area contributed by atoms with Crippen molar-refractivity contribution in [1.29, 1.82) is 0 Å². The molecular formula is C23H26N8OS. The Kier molecular flexibility index (Phi) is 4.89. The van der Waals surface area contributed by atoms with Gasteiger partial charge in [-0.2, -0.15) is 0 Å². The second-order valence-corrected chi connectivity index (χ2v) is 10.1. The van der Waals surface area contributed by atoms with Gasteiger partial charge in [-0.15, -0.1) is 0 Å². The van der Waals surface area contributed by atoms with E-state index in [-0.39, 0.29) is 17.6 Å². The van der Waals surface area contributed by atoms with Crippen LogP contribution in [-0.4, -0.2) is 56.8 Å². The number of piperidine rings is 1. The molecule has 4 aromatic rings. The number of aromatic amines is 1. The van der Waals surface area contributed by atoms with Gasteiger partial charge in [-0.25, -0.2) is 19.9 Å². The van der Waals surface area contributed by atoms with Gasteiger partial charge in [0, 0.05) is 41.0 Å². The number of hydrogen-bond donors (Lipinski definition) is 3. The minimum atomic E-state index is 0.0924. The second-order valence-electron chi connectivity index (χ2n) is 9.00. The molecule has 1 spiro atoms. The molecule has 2 fully saturated rings. The summed E-state index contributed by atoms with van der Waals surface area (Å²) >= 11 is 1.54. The van der Waals surface area contributed by atoms with Crippen molar-refractivity contribution in [2.45, 2.75) is 41.8 Å². The third-order valence-corrected chi connectivity index (χ3v) is 8.02. The van der Waals surface area contributed by atoms with Crippen LogP contribution >= 0.6 is 11.8 Å². The second kappa shape index (κ2) is 7.82. The lowest BCUT2D eigenvalue weighted by molar-refractivity contribution is 0.0974. The van der Waals surface area contributed by atoms with Crippen molar-refractivity contribution >= 4 is 45.6 Å². The van der Waals surface area contributed by atoms with Gasteiger partial charge in [0.15, 0.2) is 5.65 Å². The van der Waals surface area contributed by atoms with Gasteiger partial charge < -0.3 is 26.1 Å². The molecule has 2 aliphatic rings. The zero-order valence-electron chi connectivity index (χ0n) is 18.4. The molecule has 6 heterocycles. The van der Waals surface area contributed by atoms with Gasteiger partial charge in [-0.05, 0) is 44.0 Å². The third-order valence-electron chi connectivity index (χ3n) is 7.02. The topological polar surface area (TPSA) is 132 Å². The molecular weight excluding hydrogens is 436 g/mol. The summed E-state index contributed by atoms with van der Waals surface area (Å²) < 4.78 is 5.84. The van der Waals surface area contributed by atoms with E-state index in [1.807, 2.05) is 36.7 Å². The largest absolute Gasteiger partial charge is 0.384 e. The normalized spacial score (nSPS) is 22.5. The maximum Gasteiger partial charge on any atom is 0.179 e. The van der Waals surface area contributed by atoms with Gasteiger partial charge >= 0.3 is 0 Å². The minimum absolute atomic E-state index is 0.0924. The van der Waals surface area contributed by atoms with Crippen LogP contribution in [0.15, 0.2) is 46.6 Å². The Bertz CT molecular complexity index is 1330. The fraction of sp³-hybridized carbons (Fsp3) is 0.391. The van der Waals surface area contributed by atoms with Crippen molar-refractivity contribution in [3.8, 4) is 0 Å². The first-order valence-electron chi connectivity index (χ1n) is 11.2. The lowest BCUT2D eigenvalue weighted by atomic mass is 9.73. The Hall–Kier alpha value is -2.95. The third kappa shape index (κ3) is 3.58. The van der Waals surface area contributed by atoms with Crippen LogP contribution in [0.1, 0.15) is 19.8 Å². The average molecular weight is 463 g/mol. The number of H-pyrrole nitrogens is 1. The molecule has 0 saturated carbocycles. The number of anilines is 2. The van der Waals surface area contributed by atoms with Crippen LogP contribution in [-0.2, 0) is 4.74 Å². The molecule has 2 saturated heterocycles. The molecule has 0 radical (unpaired) electrons. The number of hydrogen-bond acceptors (Lipinski definition) is 9. The number of nitrogens with zero attached hydrogens (tertiary/aromatic N) is 5. The summed E-state index contributed by atoms with van der Waals surface area (Å²) in [6.45, 7) is 4.64. The molecule has 4 aromatic heterocycles. The first-order chi connectivity index (χ1) is 16.0. The van der Waals surface area contributed by atoms with Gasteiger partial charge in [-0.3, -0.25) is 0 Å². The molecule has 33 heavy (non-hydrogen) atoms. The molecule has 10 heteroatoms. The van der Waals surface area contributed by atoms with Crippen molar-refractivity contribution in [3.05, 3.63) is 36.7 Å². The Labute approximate surface area is 195 Å². The van der Waals surface area contributed by atoms with Crippen molar-refractivity contribution in [2.24, 2.45) is 11.1 Å². The highest BCUT2D eigenvalue weighted by atomic mass is 32.2. The van der Waals surface area contributed by atoms with Gasteiger partial charge in [-0.1, -0.05) is 11.8 Å². The number of rotatable bonds is 3. The molecule has 0 unspecified atom stereocenters. The number of aromatic nitrogens is 5. The van der Waals surface area contributed by atoms with Crippen LogP contribution in [0.25, 0.3) is 22.2 Å². The monoisotopic (exact) mass is 462 g/mol. The van der Waals surface area contributed by atoms with E-state index in [9.17, 15) is 0 Å². The standard InChI is InChI=1S/C23H26N8OS/c1-13-20(25)23(12-32-13)5-8-31(9-6-23)18-11-27-22-15(28-18)2-3-19(30-22)33-16-10-17(24)29-21-14(16)4-7-26-21/h2-4,7,10-11,13,20H,5-6,8-9,12,25H2,1H3,(H3,24,26,29)/t13-,20+/m0/s1. The highest BCUT2D eigenvalue weighted by Gasteiger charge is 2.47. The number of nitrogen functional groups attached to an aromatic ring is 1. The summed E-state index contributed by atoms with van der Waals surface area (Å²) in [5.41, 5.74) is 14.7. The van der Waals surface area contributed by atoms with Crippen molar-refractivity contribution in [2.75, 3.05) is 30.3 Å². The van der Waals surface area contributed by atoms with E-state index < -0.39 is 0 Å². The van der Waals surface area contributed by atoms with Crippen LogP contribution < -0.4 is 16.4 Å². The summed E-state index contributed by atoms with van der Waals surface area (Å²) in [4.78, 5) is 24.9. The molecule has 0 aromatic carbocycles. The Balaban J connectivity index is 1.21. The summed E-state index contributed by atoms with van der Waals surface area (Å²) in [7, 11) is 0. The van der Waals surface area contributed by atoms with Crippen LogP contribution in [0, 0.1) is 5.41 Å². The number of ether oxygens (including phenoxy) is 1. The van der Waals surface area contributed by atoms with E-state index in [0.717, 1.165) is 64.8 Å². The smallest absolute Gasteiger partial charge is 0.179 e. The van der Waals surface area contributed by atoms with E-state index >= 15 is 0 Å². The van der Waals surface area contributed by atoms with Crippen LogP contribution in [0.3, 0.4) is 0 Å². The first-order valence-corrected chi connectivity index (χ1v) is 12.0. The zero-order valence-corrected chi connectivity index (χ0v) is 19.2. The van der Waals surface area contributed by atoms with Gasteiger partial charge in [0.25, 0.3) is 0 Å². The average Bonchev–Trinajstić information content (AvgIpc) is 3.40. The number of nitrogens with one attached hydrogen (secondary N) is 1. The van der Waals surface area contributed by atoms with Crippen LogP contribution in [0.5, 0.6) is 0 Å². The molecule has 170 valence electrons. The summed E-state index contributed by atoms with van der Waals surface area (Å²) in [6, 6.07) is 7.92. The molecule has 2 atom stereocenters. The van der Waals surface area contributed by atoms with Crippen LogP contribution in [0.2, 0.25) is 0 Å². The van der Waals surface area contributed by atoms with Gasteiger partial charge in [0.2, 0.25) is 0 Å². The summed E-state index contributed by atoms with van der Waals surface area (Å²) in [5, 5.41) is 1.85. The fourth-order valence-electron chi connectivity index (χ4n) is 4.96. The molecule has 6 rings (SSSR count). The Morgan fingerprint density at radius 1 is 1.18 bits per heavy atom. The Morgan fingerprint density at radius 2 is 2.03 bits per heavy atom. The SMILES string of the molecule is C[C@@H]1OCC2(CCN(c3cnc4nc(Sc5cc(N)nc6[nH]ccc56)ccc4n3)CC2)[C@@H]1N. The maximum absolute atomic E-state index is 6.45. The van der Waals surface area contributed by atoms with E-state index in [4.69, 9.17) is 26.2 Å². The van der Waals surface area contributed by atoms with E-state index in [2.05, 4.69) is 26.8 Å². The van der Waals surface area contributed by atoms with Crippen molar-refractivity contribution in [1.82, 2.24) is 24.9 Å². The maximum atomic E-state index is 6.45. The predicted octanol–water partition coefficient (Wildman–Crippen LogP) is 2.97. The molecule has 0 aliphatic carbocycles. The fourth-order valence-corrected chi connectivity index (χ4v) is 5.91. The molecule has 5 N–H and O–H groups in total. The molecule has 0 amide bonds. The first kappa shape index (κ1) is 20.6. The number of fused-ring (bicyclic) bond motifs is 2. The van der Waals surface area contributed by atoms with Crippen LogP contribution in [0.4, 0.5) is 11.6 Å². The van der Waals surface area contributed by atoms with Crippen molar-refractivity contribution < 1.29 is 4.74 Å². The number of pyridine rings is 2. The van der Waals surface area contributed by atoms with E-state index in [0.29, 0.717) is 11.5 Å². The lowest BCUT2D eigenvalue weighted by Gasteiger charge is -2.41. The lowest BCUT2D eigenvalue weighted by Crippen LogP contribution is -2.50. The molecule has 9 nitrogen and oxygen atoms in total. The highest BCUT2D eigenvalue weighted by molar-refractivity contribution is 7.99. The van der Waals surface area contributed by atoms with Gasteiger partial charge in [0.05, 0.1) is 18.9 Å². The molecule has 0 bridgehead atoms. The van der Waals surface area contributed by atoms with Crippen molar-refractivity contribution in [3.63, 3.8) is 0 Å². The van der Waals surface area contributed by atoms with Gasteiger partial charge in [0.1, 0.15) is 27.8 Å². The zero-order chi connectivity index (χ0) is 22.6. The summed E-state index contributed by atoms with van der Waals surface area (Å²) in [5.74, 6) is 1.36. The molecule has 2 aliphatic heterocycles. The number of nitrogens with two attached hydrogens (primary N) is 2. The van der Waals surface area contributed by atoms with E-state index in [1.165, 1.54) is 0 Å². The minimum Gasteiger partial charge on any atom is -0.384 e. The van der Waals surface area contributed by atoms with E-state index in [1.54, 1.807) is 11.8 Å². The summed E-state index contributed by atoms with van der Waals surface area (Å²) in [6.07, 6.45) is 5.83. The predicted molar refractivity (Wildman–Crippen MR) is 129 cm³/mol. The quantitative estimate of drug-likeness (QED) is 0.420. The highest BCUT2D eigenvalue weighted by Crippen LogP contribution is 2.42.